The minimum atomic E-state index is 0.0597. The Morgan fingerprint density at radius 2 is 2.28 bits per heavy atom. The Balaban J connectivity index is 1.92. The van der Waals surface area contributed by atoms with Gasteiger partial charge in [0.2, 0.25) is 0 Å². The van der Waals surface area contributed by atoms with Gasteiger partial charge in [-0.05, 0) is 38.6 Å². The van der Waals surface area contributed by atoms with E-state index in [0.29, 0.717) is 30.4 Å². The van der Waals surface area contributed by atoms with Crippen LogP contribution in [-0.4, -0.2) is 28.7 Å². The quantitative estimate of drug-likeness (QED) is 0.857. The van der Waals surface area contributed by atoms with E-state index in [1.807, 2.05) is 10.8 Å². The van der Waals surface area contributed by atoms with Crippen LogP contribution in [0.25, 0.3) is 0 Å². The Hall–Kier alpha value is -1.36. The van der Waals surface area contributed by atoms with E-state index in [1.54, 1.807) is 6.20 Å². The number of nitrogens with two attached hydrogens (primary N) is 1. The third-order valence-corrected chi connectivity index (χ3v) is 4.06. The van der Waals surface area contributed by atoms with Gasteiger partial charge in [-0.15, -0.1) is 0 Å². The highest BCUT2D eigenvalue weighted by molar-refractivity contribution is 5.39. The molecule has 3 rings (SSSR count). The largest absolute Gasteiger partial charge is 0.349 e. The Bertz CT molecular complexity index is 494. The first-order valence-electron chi connectivity index (χ1n) is 6.74. The molecule has 2 N–H and O–H groups in total. The maximum absolute atomic E-state index is 12.4. The number of anilines is 1. The van der Waals surface area contributed by atoms with Crippen LogP contribution in [0.5, 0.6) is 0 Å². The molecule has 18 heavy (non-hydrogen) atoms. The predicted molar refractivity (Wildman–Crippen MR) is 70.7 cm³/mol. The van der Waals surface area contributed by atoms with E-state index in [9.17, 15) is 4.79 Å². The number of aromatic nitrogens is 2. The summed E-state index contributed by atoms with van der Waals surface area (Å²) >= 11 is 0. The zero-order chi connectivity index (χ0) is 12.7. The van der Waals surface area contributed by atoms with Crippen LogP contribution in [0.3, 0.4) is 0 Å². The van der Waals surface area contributed by atoms with Gasteiger partial charge in [-0.25, -0.2) is 4.98 Å². The van der Waals surface area contributed by atoms with Crippen molar-refractivity contribution in [2.24, 2.45) is 11.7 Å². The van der Waals surface area contributed by atoms with Gasteiger partial charge in [-0.3, -0.25) is 4.79 Å². The summed E-state index contributed by atoms with van der Waals surface area (Å²) in [4.78, 5) is 18.8. The number of rotatable bonds is 3. The van der Waals surface area contributed by atoms with Gasteiger partial charge >= 0.3 is 0 Å². The summed E-state index contributed by atoms with van der Waals surface area (Å²) in [5.74, 6) is 1.09. The van der Waals surface area contributed by atoms with Crippen molar-refractivity contribution in [1.82, 2.24) is 9.55 Å². The summed E-state index contributed by atoms with van der Waals surface area (Å²) in [5, 5.41) is 0. The van der Waals surface area contributed by atoms with Gasteiger partial charge in [-0.2, -0.15) is 0 Å². The molecule has 1 saturated carbocycles. The third kappa shape index (κ3) is 1.92. The van der Waals surface area contributed by atoms with E-state index >= 15 is 0 Å². The highest BCUT2D eigenvalue weighted by Crippen LogP contribution is 2.34. The van der Waals surface area contributed by atoms with Crippen molar-refractivity contribution in [3.8, 4) is 0 Å². The average molecular weight is 248 g/mol. The first-order chi connectivity index (χ1) is 8.70. The minimum Gasteiger partial charge on any atom is -0.349 e. The molecule has 2 heterocycles. The molecule has 1 saturated heterocycles. The first kappa shape index (κ1) is 11.7. The zero-order valence-corrected chi connectivity index (χ0v) is 10.7. The molecule has 0 amide bonds. The zero-order valence-electron chi connectivity index (χ0n) is 10.7. The Labute approximate surface area is 107 Å². The van der Waals surface area contributed by atoms with Crippen molar-refractivity contribution in [2.75, 3.05) is 18.0 Å². The molecule has 1 aliphatic heterocycles. The van der Waals surface area contributed by atoms with Gasteiger partial charge in [0.25, 0.3) is 5.56 Å². The predicted octanol–water partition coefficient (Wildman–Crippen LogP) is 0.752. The lowest BCUT2D eigenvalue weighted by Crippen LogP contribution is -2.35. The van der Waals surface area contributed by atoms with Gasteiger partial charge < -0.3 is 15.2 Å². The number of nitrogens with zero attached hydrogens (tertiary/aromatic N) is 3. The smallest absolute Gasteiger partial charge is 0.293 e. The summed E-state index contributed by atoms with van der Waals surface area (Å²) in [7, 11) is 0. The molecule has 2 fully saturated rings. The summed E-state index contributed by atoms with van der Waals surface area (Å²) in [5.41, 5.74) is 5.79. The van der Waals surface area contributed by atoms with Crippen LogP contribution < -0.4 is 16.2 Å². The molecular weight excluding hydrogens is 228 g/mol. The molecule has 2 aliphatic rings. The molecular formula is C13H20N4O. The molecule has 0 bridgehead atoms. The normalized spacial score (nSPS) is 27.8. The first-order valence-corrected chi connectivity index (χ1v) is 6.74. The molecule has 0 aromatic carbocycles. The topological polar surface area (TPSA) is 64.2 Å². The monoisotopic (exact) mass is 248 g/mol. The molecule has 5 heteroatoms. The number of hydrogen-bond acceptors (Lipinski definition) is 4. The molecule has 1 aromatic heterocycles. The molecule has 98 valence electrons. The van der Waals surface area contributed by atoms with E-state index in [4.69, 9.17) is 5.73 Å². The summed E-state index contributed by atoms with van der Waals surface area (Å²) in [6.07, 6.45) is 6.84. The summed E-state index contributed by atoms with van der Waals surface area (Å²) in [6.45, 7) is 3.68. The van der Waals surface area contributed by atoms with Gasteiger partial charge in [-0.1, -0.05) is 0 Å². The highest BCUT2D eigenvalue weighted by Gasteiger charge is 2.32. The average Bonchev–Trinajstić information content (AvgIpc) is 3.13. The van der Waals surface area contributed by atoms with Crippen LogP contribution in [0.4, 0.5) is 5.82 Å². The molecule has 1 aliphatic carbocycles. The minimum absolute atomic E-state index is 0.0597. The number of hydrogen-bond donors (Lipinski definition) is 1. The second-order valence-electron chi connectivity index (χ2n) is 5.53. The third-order valence-electron chi connectivity index (χ3n) is 4.06. The van der Waals surface area contributed by atoms with E-state index in [2.05, 4.69) is 16.8 Å². The highest BCUT2D eigenvalue weighted by atomic mass is 16.1. The van der Waals surface area contributed by atoms with Crippen molar-refractivity contribution in [1.29, 1.82) is 0 Å². The lowest BCUT2D eigenvalue weighted by Gasteiger charge is -2.22. The van der Waals surface area contributed by atoms with Gasteiger partial charge in [0.1, 0.15) is 0 Å². The van der Waals surface area contributed by atoms with Gasteiger partial charge in [0.05, 0.1) is 0 Å². The summed E-state index contributed by atoms with van der Waals surface area (Å²) in [6, 6.07) is 0.760. The van der Waals surface area contributed by atoms with Crippen molar-refractivity contribution in [2.45, 2.75) is 38.3 Å². The maximum atomic E-state index is 12.4. The second kappa shape index (κ2) is 4.39. The Morgan fingerprint density at radius 1 is 1.50 bits per heavy atom. The Morgan fingerprint density at radius 3 is 2.89 bits per heavy atom. The van der Waals surface area contributed by atoms with Crippen LogP contribution >= 0.6 is 0 Å². The maximum Gasteiger partial charge on any atom is 0.293 e. The fraction of sp³-hybridized carbons (Fsp3) is 0.692. The second-order valence-corrected chi connectivity index (χ2v) is 5.53. The SMILES string of the molecule is CC1CC(CN)CN1c1nccn(C2CC2)c1=O. The molecule has 0 radical (unpaired) electrons. The van der Waals surface area contributed by atoms with E-state index in [1.165, 1.54) is 0 Å². The van der Waals surface area contributed by atoms with Crippen LogP contribution in [0.1, 0.15) is 32.2 Å². The molecule has 5 nitrogen and oxygen atoms in total. The van der Waals surface area contributed by atoms with Crippen molar-refractivity contribution < 1.29 is 0 Å². The van der Waals surface area contributed by atoms with Crippen LogP contribution in [-0.2, 0) is 0 Å². The molecule has 2 unspecified atom stereocenters. The fourth-order valence-electron chi connectivity index (χ4n) is 2.86. The standard InChI is InChI=1S/C13H20N4O/c1-9-6-10(7-14)8-17(9)12-13(18)16(5-4-15-12)11-2-3-11/h4-5,9-11H,2-3,6-8,14H2,1H3. The molecule has 2 atom stereocenters. The van der Waals surface area contributed by atoms with E-state index in [0.717, 1.165) is 25.8 Å². The van der Waals surface area contributed by atoms with Crippen molar-refractivity contribution >= 4 is 5.82 Å². The fourth-order valence-corrected chi connectivity index (χ4v) is 2.86. The van der Waals surface area contributed by atoms with E-state index in [-0.39, 0.29) is 5.56 Å². The summed E-state index contributed by atoms with van der Waals surface area (Å²) < 4.78 is 1.84. The van der Waals surface area contributed by atoms with Crippen molar-refractivity contribution in [3.05, 3.63) is 22.7 Å². The van der Waals surface area contributed by atoms with Crippen molar-refractivity contribution in [3.63, 3.8) is 0 Å². The lowest BCUT2D eigenvalue weighted by molar-refractivity contribution is 0.579. The van der Waals surface area contributed by atoms with Gasteiger partial charge in [0.15, 0.2) is 5.82 Å². The molecule has 0 spiro atoms. The Kier molecular flexibility index (Phi) is 2.86. The lowest BCUT2D eigenvalue weighted by atomic mass is 10.1. The van der Waals surface area contributed by atoms with Crippen LogP contribution in [0.15, 0.2) is 17.2 Å². The van der Waals surface area contributed by atoms with Crippen LogP contribution in [0.2, 0.25) is 0 Å². The van der Waals surface area contributed by atoms with E-state index < -0.39 is 0 Å². The van der Waals surface area contributed by atoms with Gasteiger partial charge in [0, 0.05) is 31.0 Å². The van der Waals surface area contributed by atoms with Crippen LogP contribution in [0, 0.1) is 5.92 Å². The molecule has 1 aromatic rings.